The van der Waals surface area contributed by atoms with E-state index >= 15 is 0 Å². The lowest BCUT2D eigenvalue weighted by Crippen LogP contribution is -2.12. The smallest absolute Gasteiger partial charge is 0.255 e. The van der Waals surface area contributed by atoms with Crippen molar-refractivity contribution in [2.75, 3.05) is 5.32 Å². The van der Waals surface area contributed by atoms with Crippen LogP contribution in [0.1, 0.15) is 15.9 Å². The summed E-state index contributed by atoms with van der Waals surface area (Å²) in [5, 5.41) is 11.3. The van der Waals surface area contributed by atoms with E-state index in [4.69, 9.17) is 5.26 Å². The summed E-state index contributed by atoms with van der Waals surface area (Å²) >= 11 is 0. The quantitative estimate of drug-likeness (QED) is 0.820. The highest BCUT2D eigenvalue weighted by Crippen LogP contribution is 2.09. The molecule has 0 spiro atoms. The molecule has 0 bridgehead atoms. The molecule has 88 valence electrons. The Morgan fingerprint density at radius 2 is 2.17 bits per heavy atom. The van der Waals surface area contributed by atoms with Gasteiger partial charge < -0.3 is 5.32 Å². The molecule has 1 aromatic heterocycles. The largest absolute Gasteiger partial charge is 0.321 e. The van der Waals surface area contributed by atoms with Gasteiger partial charge in [0.15, 0.2) is 0 Å². The number of carbonyl (C=O) groups excluding carboxylic acids is 1. The lowest BCUT2D eigenvalue weighted by molar-refractivity contribution is 0.102. The number of hydrogen-bond acceptors (Lipinski definition) is 3. The third-order valence-electron chi connectivity index (χ3n) is 2.24. The van der Waals surface area contributed by atoms with Crippen LogP contribution in [0.4, 0.5) is 10.1 Å². The molecule has 0 aliphatic heterocycles. The van der Waals surface area contributed by atoms with Gasteiger partial charge in [0.05, 0.1) is 23.5 Å². The Hall–Kier alpha value is -2.74. The number of amides is 1. The van der Waals surface area contributed by atoms with Crippen molar-refractivity contribution < 1.29 is 9.18 Å². The van der Waals surface area contributed by atoms with Crippen molar-refractivity contribution >= 4 is 11.6 Å². The van der Waals surface area contributed by atoms with E-state index in [-0.39, 0.29) is 5.91 Å². The van der Waals surface area contributed by atoms with Crippen molar-refractivity contribution in [3.63, 3.8) is 0 Å². The van der Waals surface area contributed by atoms with Gasteiger partial charge in [-0.2, -0.15) is 9.65 Å². The van der Waals surface area contributed by atoms with Crippen LogP contribution in [0.15, 0.2) is 42.6 Å². The zero-order valence-electron chi connectivity index (χ0n) is 9.22. The number of carbonyl (C=O) groups is 1. The Bertz CT molecular complexity index is 617. The highest BCUT2D eigenvalue weighted by Gasteiger charge is 2.06. The van der Waals surface area contributed by atoms with Crippen molar-refractivity contribution in [2.45, 2.75) is 0 Å². The molecule has 1 N–H and O–H groups in total. The van der Waals surface area contributed by atoms with Crippen LogP contribution < -0.4 is 5.32 Å². The second-order valence-corrected chi connectivity index (χ2v) is 3.52. The summed E-state index contributed by atoms with van der Waals surface area (Å²) in [6.07, 6.45) is 1.22. The fourth-order valence-corrected chi connectivity index (χ4v) is 1.38. The Morgan fingerprint density at radius 3 is 2.83 bits per heavy atom. The Balaban J connectivity index is 2.17. The molecule has 0 unspecified atom stereocenters. The number of pyridine rings is 1. The first-order valence-corrected chi connectivity index (χ1v) is 5.12. The van der Waals surface area contributed by atoms with Gasteiger partial charge in [0.25, 0.3) is 5.91 Å². The van der Waals surface area contributed by atoms with Gasteiger partial charge >= 0.3 is 0 Å². The predicted molar refractivity (Wildman–Crippen MR) is 63.3 cm³/mol. The van der Waals surface area contributed by atoms with E-state index in [0.29, 0.717) is 16.8 Å². The van der Waals surface area contributed by atoms with Gasteiger partial charge in [-0.15, -0.1) is 0 Å². The number of benzene rings is 1. The van der Waals surface area contributed by atoms with Crippen molar-refractivity contribution in [3.8, 4) is 6.07 Å². The third kappa shape index (κ3) is 2.68. The van der Waals surface area contributed by atoms with E-state index in [1.807, 2.05) is 6.07 Å². The van der Waals surface area contributed by atoms with Gasteiger partial charge in [0.1, 0.15) is 0 Å². The molecular formula is C13H8FN3O. The number of rotatable bonds is 2. The maximum Gasteiger partial charge on any atom is 0.255 e. The standard InChI is InChI=1S/C13H8FN3O/c14-12-5-4-11(8-16-12)17-13(18)10-3-1-2-9(6-10)7-15/h1-6,8H,(H,17,18). The number of nitrogens with one attached hydrogen (secondary N) is 1. The zero-order valence-corrected chi connectivity index (χ0v) is 9.22. The maximum absolute atomic E-state index is 12.6. The van der Waals surface area contributed by atoms with Gasteiger partial charge in [0.2, 0.25) is 5.95 Å². The van der Waals surface area contributed by atoms with E-state index < -0.39 is 5.95 Å². The molecule has 4 nitrogen and oxygen atoms in total. The van der Waals surface area contributed by atoms with E-state index in [0.717, 1.165) is 6.07 Å². The van der Waals surface area contributed by atoms with Gasteiger partial charge in [0, 0.05) is 5.56 Å². The number of anilines is 1. The summed E-state index contributed by atoms with van der Waals surface area (Å²) in [5.41, 5.74) is 1.15. The molecule has 2 rings (SSSR count). The summed E-state index contributed by atoms with van der Waals surface area (Å²) < 4.78 is 12.6. The molecule has 0 radical (unpaired) electrons. The molecule has 1 aromatic carbocycles. The number of nitrogens with zero attached hydrogens (tertiary/aromatic N) is 2. The first kappa shape index (κ1) is 11.7. The van der Waals surface area contributed by atoms with Crippen LogP contribution >= 0.6 is 0 Å². The fraction of sp³-hybridized carbons (Fsp3) is 0. The molecule has 0 fully saturated rings. The number of hydrogen-bond donors (Lipinski definition) is 1. The van der Waals surface area contributed by atoms with Crippen LogP contribution in [0.25, 0.3) is 0 Å². The molecular weight excluding hydrogens is 233 g/mol. The first-order valence-electron chi connectivity index (χ1n) is 5.12. The van der Waals surface area contributed by atoms with E-state index in [2.05, 4.69) is 10.3 Å². The van der Waals surface area contributed by atoms with Crippen LogP contribution in [0.2, 0.25) is 0 Å². The number of nitriles is 1. The maximum atomic E-state index is 12.6. The van der Waals surface area contributed by atoms with Crippen LogP contribution in [-0.4, -0.2) is 10.9 Å². The predicted octanol–water partition coefficient (Wildman–Crippen LogP) is 2.34. The van der Waals surface area contributed by atoms with Crippen molar-refractivity contribution in [2.24, 2.45) is 0 Å². The molecule has 0 atom stereocenters. The highest BCUT2D eigenvalue weighted by molar-refractivity contribution is 6.04. The fourth-order valence-electron chi connectivity index (χ4n) is 1.38. The number of aromatic nitrogens is 1. The number of halogens is 1. The van der Waals surface area contributed by atoms with E-state index in [1.54, 1.807) is 18.2 Å². The van der Waals surface area contributed by atoms with Crippen LogP contribution in [-0.2, 0) is 0 Å². The third-order valence-corrected chi connectivity index (χ3v) is 2.24. The normalized spacial score (nSPS) is 9.56. The van der Waals surface area contributed by atoms with Crippen molar-refractivity contribution in [1.82, 2.24) is 4.98 Å². The molecule has 0 saturated heterocycles. The summed E-state index contributed by atoms with van der Waals surface area (Å²) in [5.74, 6) is -0.986. The second-order valence-electron chi connectivity index (χ2n) is 3.52. The highest BCUT2D eigenvalue weighted by atomic mass is 19.1. The molecule has 0 aliphatic carbocycles. The lowest BCUT2D eigenvalue weighted by atomic mass is 10.1. The SMILES string of the molecule is N#Cc1cccc(C(=O)Nc2ccc(F)nc2)c1. The first-order chi connectivity index (χ1) is 8.69. The minimum absolute atomic E-state index is 0.360. The summed E-state index contributed by atoms with van der Waals surface area (Å²) in [7, 11) is 0. The second kappa shape index (κ2) is 5.06. The summed E-state index contributed by atoms with van der Waals surface area (Å²) in [6.45, 7) is 0. The van der Waals surface area contributed by atoms with Crippen LogP contribution in [0.5, 0.6) is 0 Å². The van der Waals surface area contributed by atoms with Crippen molar-refractivity contribution in [1.29, 1.82) is 5.26 Å². The van der Waals surface area contributed by atoms with E-state index in [9.17, 15) is 9.18 Å². The monoisotopic (exact) mass is 241 g/mol. The molecule has 0 aliphatic rings. The zero-order chi connectivity index (χ0) is 13.0. The average molecular weight is 241 g/mol. The molecule has 2 aromatic rings. The van der Waals surface area contributed by atoms with Crippen LogP contribution in [0, 0.1) is 17.3 Å². The topological polar surface area (TPSA) is 65.8 Å². The molecule has 1 heterocycles. The van der Waals surface area contributed by atoms with Crippen molar-refractivity contribution in [3.05, 3.63) is 59.7 Å². The summed E-state index contributed by atoms with van der Waals surface area (Å²) in [6, 6.07) is 10.8. The Kier molecular flexibility index (Phi) is 3.30. The molecule has 5 heteroatoms. The Morgan fingerprint density at radius 1 is 1.33 bits per heavy atom. The van der Waals surface area contributed by atoms with E-state index in [1.165, 1.54) is 18.3 Å². The minimum Gasteiger partial charge on any atom is -0.321 e. The molecule has 18 heavy (non-hydrogen) atoms. The van der Waals surface area contributed by atoms with Gasteiger partial charge in [-0.05, 0) is 30.3 Å². The molecule has 0 saturated carbocycles. The van der Waals surface area contributed by atoms with Crippen LogP contribution in [0.3, 0.4) is 0 Å². The summed E-state index contributed by atoms with van der Waals surface area (Å²) in [4.78, 5) is 15.3. The van der Waals surface area contributed by atoms with Gasteiger partial charge in [-0.25, -0.2) is 4.98 Å². The minimum atomic E-state index is -0.612. The van der Waals surface area contributed by atoms with Gasteiger partial charge in [-0.1, -0.05) is 6.07 Å². The lowest BCUT2D eigenvalue weighted by Gasteiger charge is -2.04. The average Bonchev–Trinajstić information content (AvgIpc) is 2.41. The molecule has 1 amide bonds. The Labute approximate surface area is 103 Å². The van der Waals surface area contributed by atoms with Gasteiger partial charge in [-0.3, -0.25) is 4.79 Å².